The van der Waals surface area contributed by atoms with Gasteiger partial charge in [-0.05, 0) is 0 Å². The van der Waals surface area contributed by atoms with E-state index in [-0.39, 0.29) is 0 Å². The fourth-order valence-electron chi connectivity index (χ4n) is 0.639. The highest BCUT2D eigenvalue weighted by Gasteiger charge is 2.42. The van der Waals surface area contributed by atoms with Crippen molar-refractivity contribution in [2.75, 3.05) is 11.5 Å². The van der Waals surface area contributed by atoms with Gasteiger partial charge < -0.3 is 0 Å². The van der Waals surface area contributed by atoms with Gasteiger partial charge in [0.15, 0.2) is 11.5 Å². The van der Waals surface area contributed by atoms with Gasteiger partial charge in [0.1, 0.15) is 0 Å². The first-order valence-electron chi connectivity index (χ1n) is 3.45. The van der Waals surface area contributed by atoms with E-state index in [2.05, 4.69) is 0 Å². The van der Waals surface area contributed by atoms with Crippen molar-refractivity contribution in [3.8, 4) is 0 Å². The Morgan fingerprint density at radius 1 is 0.706 bits per heavy atom. The van der Waals surface area contributed by atoms with Crippen molar-refractivity contribution < 1.29 is 43.2 Å². The molecule has 0 N–H and O–H groups in total. The molecule has 0 atom stereocenters. The van der Waals surface area contributed by atoms with Crippen LogP contribution in [-0.4, -0.2) is 40.7 Å². The highest BCUT2D eigenvalue weighted by molar-refractivity contribution is 8.04. The van der Waals surface area contributed by atoms with E-state index in [0.717, 1.165) is 0 Å². The lowest BCUT2D eigenvalue weighted by Crippen LogP contribution is -2.36. The molecule has 1 radical (unpaired) electrons. The molecule has 0 fully saturated rings. The Hall–Kier alpha value is -0.560. The van der Waals surface area contributed by atoms with Gasteiger partial charge in [-0.2, -0.15) is 26.3 Å². The number of alkyl halides is 6. The zero-order valence-electron chi connectivity index (χ0n) is 7.58. The molecule has 0 aromatic heterocycles. The topological polar surface area (TPSA) is 82.4 Å². The Balaban J connectivity index is 4.86. The van der Waals surface area contributed by atoms with Gasteiger partial charge in [0.05, 0.1) is 0 Å². The number of hydrogen-bond acceptors (Lipinski definition) is 4. The van der Waals surface area contributed by atoms with Gasteiger partial charge in [0.25, 0.3) is 20.0 Å². The smallest absolute Gasteiger partial charge is 0.210 e. The summed E-state index contributed by atoms with van der Waals surface area (Å²) in [6.07, 6.45) is -10.6. The van der Waals surface area contributed by atoms with Gasteiger partial charge in [-0.15, -0.1) is 0 Å². The van der Waals surface area contributed by atoms with Crippen molar-refractivity contribution >= 4 is 20.0 Å². The molecular formula is C4H4F6NO4S2. The molecule has 17 heavy (non-hydrogen) atoms. The van der Waals surface area contributed by atoms with Crippen LogP contribution in [-0.2, 0) is 20.0 Å². The van der Waals surface area contributed by atoms with Crippen LogP contribution < -0.4 is 4.13 Å². The number of sulfonamides is 2. The zero-order valence-corrected chi connectivity index (χ0v) is 9.21. The van der Waals surface area contributed by atoms with Gasteiger partial charge >= 0.3 is 12.4 Å². The summed E-state index contributed by atoms with van der Waals surface area (Å²) in [4.78, 5) is 0. The molecule has 0 unspecified atom stereocenters. The lowest BCUT2D eigenvalue weighted by atomic mass is 10.8. The summed E-state index contributed by atoms with van der Waals surface area (Å²) < 4.78 is 113. The van der Waals surface area contributed by atoms with Gasteiger partial charge in [0, 0.05) is 4.13 Å². The molecule has 0 amide bonds. The molecule has 0 rings (SSSR count). The van der Waals surface area contributed by atoms with E-state index in [4.69, 9.17) is 0 Å². The third kappa shape index (κ3) is 9.17. The maximum atomic E-state index is 11.6. The van der Waals surface area contributed by atoms with Crippen LogP contribution in [0.2, 0.25) is 0 Å². The van der Waals surface area contributed by atoms with Crippen molar-refractivity contribution in [1.82, 2.24) is 4.13 Å². The van der Waals surface area contributed by atoms with Crippen LogP contribution in [0.5, 0.6) is 0 Å². The SMILES string of the molecule is O=S(=O)(CC(F)(F)F)[N]S(=O)(=O)CC(F)(F)F. The van der Waals surface area contributed by atoms with Gasteiger partial charge in [-0.1, -0.05) is 0 Å². The van der Waals surface area contributed by atoms with Crippen molar-refractivity contribution in [1.29, 1.82) is 0 Å². The quantitative estimate of drug-likeness (QED) is 0.703. The second-order valence-electron chi connectivity index (χ2n) is 2.76. The van der Waals surface area contributed by atoms with E-state index in [1.54, 1.807) is 4.13 Å². The normalized spacial score (nSPS) is 14.9. The van der Waals surface area contributed by atoms with Gasteiger partial charge in [-0.3, -0.25) is 0 Å². The minimum atomic E-state index is -5.56. The Labute approximate surface area is 91.9 Å². The molecule has 5 nitrogen and oxygen atoms in total. The van der Waals surface area contributed by atoms with E-state index < -0.39 is 43.9 Å². The first-order valence-corrected chi connectivity index (χ1v) is 6.67. The fourth-order valence-corrected chi connectivity index (χ4v) is 3.27. The fraction of sp³-hybridized carbons (Fsp3) is 1.00. The number of rotatable bonds is 4. The molecule has 0 aliphatic heterocycles. The Kier molecular flexibility index (Phi) is 4.45. The number of halogens is 6. The van der Waals surface area contributed by atoms with Crippen molar-refractivity contribution in [3.63, 3.8) is 0 Å². The predicted octanol–water partition coefficient (Wildman–Crippen LogP) is 0.375. The van der Waals surface area contributed by atoms with Gasteiger partial charge in [0.2, 0.25) is 0 Å². The van der Waals surface area contributed by atoms with E-state index in [9.17, 15) is 43.2 Å². The second-order valence-corrected chi connectivity index (χ2v) is 6.26. The average Bonchev–Trinajstić information content (AvgIpc) is 1.65. The summed E-state index contributed by atoms with van der Waals surface area (Å²) >= 11 is 0. The lowest BCUT2D eigenvalue weighted by Gasteiger charge is -2.09. The van der Waals surface area contributed by atoms with Gasteiger partial charge in [-0.25, -0.2) is 16.8 Å². The summed E-state index contributed by atoms with van der Waals surface area (Å²) in [7, 11) is -11.1. The second kappa shape index (κ2) is 4.61. The van der Waals surface area contributed by atoms with Crippen LogP contribution in [0.25, 0.3) is 0 Å². The Bertz CT molecular complexity index is 415. The molecule has 0 aromatic carbocycles. The molecule has 0 bridgehead atoms. The minimum absolute atomic E-state index is 1.62. The minimum Gasteiger partial charge on any atom is -0.210 e. The number of hydrogen-bond donors (Lipinski definition) is 0. The molecule has 103 valence electrons. The summed E-state index contributed by atoms with van der Waals surface area (Å²) in [5.74, 6) is -5.28. The Morgan fingerprint density at radius 2 is 0.941 bits per heavy atom. The maximum Gasteiger partial charge on any atom is 0.404 e. The van der Waals surface area contributed by atoms with Crippen LogP contribution in [0.3, 0.4) is 0 Å². The third-order valence-corrected chi connectivity index (χ3v) is 4.12. The summed E-state index contributed by atoms with van der Waals surface area (Å²) in [5.41, 5.74) is 0. The highest BCUT2D eigenvalue weighted by Crippen LogP contribution is 2.20. The third-order valence-electron chi connectivity index (χ3n) is 0.919. The lowest BCUT2D eigenvalue weighted by molar-refractivity contribution is -0.107. The molecule has 0 aliphatic carbocycles. The summed E-state index contributed by atoms with van der Waals surface area (Å²) in [5, 5.41) is 0. The average molecular weight is 308 g/mol. The first-order chi connectivity index (χ1) is 7.12. The molecule has 0 aromatic rings. The van der Waals surface area contributed by atoms with Crippen LogP contribution >= 0.6 is 0 Å². The van der Waals surface area contributed by atoms with Crippen LogP contribution in [0.1, 0.15) is 0 Å². The monoisotopic (exact) mass is 308 g/mol. The van der Waals surface area contributed by atoms with Crippen molar-refractivity contribution in [3.05, 3.63) is 0 Å². The maximum absolute atomic E-state index is 11.6. The number of nitrogens with zero attached hydrogens (tertiary/aromatic N) is 1. The first kappa shape index (κ1) is 16.4. The molecule has 0 spiro atoms. The zero-order chi connectivity index (χ0) is 14.1. The van der Waals surface area contributed by atoms with Crippen molar-refractivity contribution in [2.45, 2.75) is 12.4 Å². The molecule has 0 saturated heterocycles. The molecule has 0 aliphatic rings. The van der Waals surface area contributed by atoms with E-state index in [0.29, 0.717) is 0 Å². The molecule has 13 heteroatoms. The van der Waals surface area contributed by atoms with E-state index in [1.165, 1.54) is 0 Å². The largest absolute Gasteiger partial charge is 0.404 e. The van der Waals surface area contributed by atoms with Crippen LogP contribution in [0, 0.1) is 0 Å². The molecule has 0 heterocycles. The van der Waals surface area contributed by atoms with E-state index in [1.807, 2.05) is 0 Å². The van der Waals surface area contributed by atoms with Crippen molar-refractivity contribution in [2.24, 2.45) is 0 Å². The summed E-state index contributed by atoms with van der Waals surface area (Å²) in [6, 6.07) is 0. The van der Waals surface area contributed by atoms with E-state index >= 15 is 0 Å². The standard InChI is InChI=1S/C4H4F6NO4S2/c5-3(6,7)1-16(12,13)11-17(14,15)2-4(8,9)10/h1-2H2. The predicted molar refractivity (Wildman–Crippen MR) is 41.8 cm³/mol. The summed E-state index contributed by atoms with van der Waals surface area (Å²) in [6.45, 7) is 0. The molecular weight excluding hydrogens is 304 g/mol. The molecule has 0 saturated carbocycles. The highest BCUT2D eigenvalue weighted by atomic mass is 32.3. The van der Waals surface area contributed by atoms with Crippen LogP contribution in [0.4, 0.5) is 26.3 Å². The Morgan fingerprint density at radius 3 is 1.12 bits per heavy atom. The van der Waals surface area contributed by atoms with Crippen LogP contribution in [0.15, 0.2) is 0 Å².